The number of aryl methyl sites for hydroxylation is 1. The lowest BCUT2D eigenvalue weighted by Gasteiger charge is -2.49. The number of thiophene rings is 1. The average Bonchev–Trinajstić information content (AvgIpc) is 2.84. The zero-order valence-corrected chi connectivity index (χ0v) is 13.2. The molecular weight excluding hydrogens is 252 g/mol. The monoisotopic (exact) mass is 278 g/mol. The van der Waals surface area contributed by atoms with Gasteiger partial charge in [0, 0.05) is 41.0 Å². The quantitative estimate of drug-likeness (QED) is 0.814. The van der Waals surface area contributed by atoms with Crippen molar-refractivity contribution < 1.29 is 0 Å². The number of rotatable bonds is 2. The van der Waals surface area contributed by atoms with Gasteiger partial charge < -0.3 is 0 Å². The predicted octanol–water partition coefficient (Wildman–Crippen LogP) is 3.68. The molecule has 3 rings (SSSR count). The van der Waals surface area contributed by atoms with E-state index in [0.717, 1.165) is 6.04 Å². The van der Waals surface area contributed by atoms with Crippen LogP contribution in [0.2, 0.25) is 0 Å². The van der Waals surface area contributed by atoms with E-state index in [1.54, 1.807) is 0 Å². The Labute approximate surface area is 121 Å². The largest absolute Gasteiger partial charge is 0.298 e. The van der Waals surface area contributed by atoms with E-state index in [2.05, 4.69) is 42.7 Å². The third kappa shape index (κ3) is 2.74. The normalized spacial score (nSPS) is 31.1. The lowest BCUT2D eigenvalue weighted by atomic mass is 9.96. The summed E-state index contributed by atoms with van der Waals surface area (Å²) in [5, 5.41) is 0. The van der Waals surface area contributed by atoms with Crippen molar-refractivity contribution in [2.24, 2.45) is 0 Å². The lowest BCUT2D eigenvalue weighted by molar-refractivity contribution is -0.00388. The summed E-state index contributed by atoms with van der Waals surface area (Å²) in [6.45, 7) is 10.9. The zero-order chi connectivity index (χ0) is 13.4. The molecule has 0 amide bonds. The highest BCUT2D eigenvalue weighted by molar-refractivity contribution is 7.12. The molecule has 0 bridgehead atoms. The Bertz CT molecular complexity index is 428. The highest BCUT2D eigenvalue weighted by atomic mass is 32.1. The molecule has 3 atom stereocenters. The fourth-order valence-corrected chi connectivity index (χ4v) is 4.71. The molecule has 2 aliphatic rings. The summed E-state index contributed by atoms with van der Waals surface area (Å²) in [5.74, 6) is 0. The Balaban J connectivity index is 1.73. The van der Waals surface area contributed by atoms with Crippen molar-refractivity contribution in [1.29, 1.82) is 0 Å². The predicted molar refractivity (Wildman–Crippen MR) is 82.9 cm³/mol. The fourth-order valence-electron chi connectivity index (χ4n) is 3.76. The summed E-state index contributed by atoms with van der Waals surface area (Å²) in [4.78, 5) is 8.44. The zero-order valence-electron chi connectivity index (χ0n) is 12.4. The molecule has 2 nitrogen and oxygen atoms in total. The molecule has 0 saturated carbocycles. The Morgan fingerprint density at radius 1 is 1.26 bits per heavy atom. The smallest absolute Gasteiger partial charge is 0.0417 e. The number of nitrogens with zero attached hydrogens (tertiary/aromatic N) is 2. The van der Waals surface area contributed by atoms with Gasteiger partial charge in [-0.05, 0) is 52.3 Å². The molecule has 2 saturated heterocycles. The maximum Gasteiger partial charge on any atom is 0.0417 e. The molecule has 106 valence electrons. The van der Waals surface area contributed by atoms with Crippen LogP contribution in [-0.2, 0) is 0 Å². The Hall–Kier alpha value is -0.380. The number of piperidine rings is 1. The lowest BCUT2D eigenvalue weighted by Crippen LogP contribution is -2.58. The van der Waals surface area contributed by atoms with Gasteiger partial charge in [-0.3, -0.25) is 9.80 Å². The third-order valence-corrected chi connectivity index (χ3v) is 6.08. The van der Waals surface area contributed by atoms with E-state index in [1.165, 1.54) is 48.7 Å². The van der Waals surface area contributed by atoms with Crippen LogP contribution in [0.1, 0.15) is 48.9 Å². The van der Waals surface area contributed by atoms with Crippen LogP contribution >= 0.6 is 11.3 Å². The first-order valence-electron chi connectivity index (χ1n) is 7.71. The van der Waals surface area contributed by atoms with E-state index in [-0.39, 0.29) is 0 Å². The SMILES string of the molecule is Cc1ccc(C(C)N2CC3CCCCN3CC2C)s1. The molecule has 3 heterocycles. The van der Waals surface area contributed by atoms with Crippen molar-refractivity contribution in [3.05, 3.63) is 21.9 Å². The van der Waals surface area contributed by atoms with Crippen LogP contribution in [0.4, 0.5) is 0 Å². The topological polar surface area (TPSA) is 6.48 Å². The summed E-state index contributed by atoms with van der Waals surface area (Å²) in [7, 11) is 0. The first kappa shape index (κ1) is 13.6. The second-order valence-corrected chi connectivity index (χ2v) is 7.63. The summed E-state index contributed by atoms with van der Waals surface area (Å²) >= 11 is 1.97. The summed E-state index contributed by atoms with van der Waals surface area (Å²) < 4.78 is 0. The summed E-state index contributed by atoms with van der Waals surface area (Å²) in [6, 6.07) is 6.67. The van der Waals surface area contributed by atoms with Crippen LogP contribution in [0.25, 0.3) is 0 Å². The average molecular weight is 278 g/mol. The second-order valence-electron chi connectivity index (χ2n) is 6.31. The Morgan fingerprint density at radius 3 is 2.84 bits per heavy atom. The van der Waals surface area contributed by atoms with Gasteiger partial charge in [-0.2, -0.15) is 0 Å². The van der Waals surface area contributed by atoms with Crippen LogP contribution in [0.3, 0.4) is 0 Å². The van der Waals surface area contributed by atoms with Crippen LogP contribution in [0, 0.1) is 6.92 Å². The standard InChI is InChI=1S/C16H26N2S/c1-12-10-17-9-5-4-6-15(17)11-18(12)14(3)16-8-7-13(2)19-16/h7-8,12,14-15H,4-6,9-11H2,1-3H3. The van der Waals surface area contributed by atoms with Crippen molar-refractivity contribution in [2.45, 2.75) is 58.2 Å². The number of hydrogen-bond donors (Lipinski definition) is 0. The molecule has 0 aliphatic carbocycles. The maximum atomic E-state index is 2.73. The Kier molecular flexibility index (Phi) is 3.97. The van der Waals surface area contributed by atoms with Crippen molar-refractivity contribution in [3.8, 4) is 0 Å². The summed E-state index contributed by atoms with van der Waals surface area (Å²) in [5.41, 5.74) is 0. The number of hydrogen-bond acceptors (Lipinski definition) is 3. The van der Waals surface area contributed by atoms with Gasteiger partial charge in [-0.1, -0.05) is 6.42 Å². The van der Waals surface area contributed by atoms with Gasteiger partial charge in [0.25, 0.3) is 0 Å². The van der Waals surface area contributed by atoms with Gasteiger partial charge in [0.1, 0.15) is 0 Å². The first-order chi connectivity index (χ1) is 9.15. The van der Waals surface area contributed by atoms with E-state index in [4.69, 9.17) is 0 Å². The van der Waals surface area contributed by atoms with Gasteiger partial charge in [0.15, 0.2) is 0 Å². The van der Waals surface area contributed by atoms with E-state index < -0.39 is 0 Å². The molecule has 0 aromatic carbocycles. The highest BCUT2D eigenvalue weighted by Gasteiger charge is 2.35. The van der Waals surface area contributed by atoms with Crippen LogP contribution in [0.15, 0.2) is 12.1 Å². The molecule has 2 aliphatic heterocycles. The minimum atomic E-state index is 0.581. The molecule has 3 heteroatoms. The highest BCUT2D eigenvalue weighted by Crippen LogP contribution is 2.33. The minimum absolute atomic E-state index is 0.581. The van der Waals surface area contributed by atoms with E-state index >= 15 is 0 Å². The molecule has 0 radical (unpaired) electrons. The van der Waals surface area contributed by atoms with Crippen LogP contribution in [0.5, 0.6) is 0 Å². The first-order valence-corrected chi connectivity index (χ1v) is 8.53. The van der Waals surface area contributed by atoms with Crippen molar-refractivity contribution in [3.63, 3.8) is 0 Å². The maximum absolute atomic E-state index is 2.73. The summed E-state index contributed by atoms with van der Waals surface area (Å²) in [6.07, 6.45) is 4.23. The minimum Gasteiger partial charge on any atom is -0.298 e. The van der Waals surface area contributed by atoms with Gasteiger partial charge >= 0.3 is 0 Å². The van der Waals surface area contributed by atoms with E-state index in [9.17, 15) is 0 Å². The molecular formula is C16H26N2S. The van der Waals surface area contributed by atoms with Crippen molar-refractivity contribution >= 4 is 11.3 Å². The molecule has 1 aromatic rings. The van der Waals surface area contributed by atoms with E-state index in [0.29, 0.717) is 12.1 Å². The number of fused-ring (bicyclic) bond motifs is 1. The molecule has 19 heavy (non-hydrogen) atoms. The van der Waals surface area contributed by atoms with E-state index in [1.807, 2.05) is 11.3 Å². The number of piperazine rings is 1. The molecule has 2 fully saturated rings. The van der Waals surface area contributed by atoms with Gasteiger partial charge in [0.2, 0.25) is 0 Å². The van der Waals surface area contributed by atoms with Gasteiger partial charge in [-0.25, -0.2) is 0 Å². The van der Waals surface area contributed by atoms with Gasteiger partial charge in [0.05, 0.1) is 0 Å². The van der Waals surface area contributed by atoms with Crippen molar-refractivity contribution in [1.82, 2.24) is 9.80 Å². The Morgan fingerprint density at radius 2 is 2.11 bits per heavy atom. The second kappa shape index (κ2) is 5.55. The van der Waals surface area contributed by atoms with Crippen LogP contribution < -0.4 is 0 Å². The molecule has 1 aromatic heterocycles. The van der Waals surface area contributed by atoms with Crippen LogP contribution in [-0.4, -0.2) is 41.5 Å². The van der Waals surface area contributed by atoms with Crippen molar-refractivity contribution in [2.75, 3.05) is 19.6 Å². The molecule has 0 N–H and O–H groups in total. The van der Waals surface area contributed by atoms with Gasteiger partial charge in [-0.15, -0.1) is 11.3 Å². The molecule has 3 unspecified atom stereocenters. The fraction of sp³-hybridized carbons (Fsp3) is 0.750. The molecule has 0 spiro atoms. The third-order valence-electron chi connectivity index (χ3n) is 4.91.